The third-order valence-corrected chi connectivity index (χ3v) is 3.22. The Balaban J connectivity index is 2.57. The molecule has 1 fully saturated rings. The Hall–Kier alpha value is -0.570. The normalized spacial score (nSPS) is 26.3. The molecule has 15 heavy (non-hydrogen) atoms. The first-order valence-electron chi connectivity index (χ1n) is 6.24. The highest BCUT2D eigenvalue weighted by Gasteiger charge is 2.38. The summed E-state index contributed by atoms with van der Waals surface area (Å²) in [7, 11) is 0. The third-order valence-electron chi connectivity index (χ3n) is 3.22. The lowest BCUT2D eigenvalue weighted by atomic mass is 9.76. The van der Waals surface area contributed by atoms with E-state index < -0.39 is 0 Å². The lowest BCUT2D eigenvalue weighted by Gasteiger charge is -2.36. The Bertz CT molecular complexity index is 192. The first-order chi connectivity index (χ1) is 7.25. The van der Waals surface area contributed by atoms with Gasteiger partial charge in [0.1, 0.15) is 0 Å². The van der Waals surface area contributed by atoms with Gasteiger partial charge in [-0.3, -0.25) is 4.79 Å². The fourth-order valence-electron chi connectivity index (χ4n) is 2.39. The number of hydrogen-bond acceptors (Lipinski definition) is 2. The van der Waals surface area contributed by atoms with Gasteiger partial charge >= 0.3 is 0 Å². The van der Waals surface area contributed by atoms with Crippen LogP contribution in [0.25, 0.3) is 0 Å². The summed E-state index contributed by atoms with van der Waals surface area (Å²) in [6.07, 6.45) is 5.28. The van der Waals surface area contributed by atoms with E-state index >= 15 is 0 Å². The minimum atomic E-state index is -0.123. The zero-order valence-corrected chi connectivity index (χ0v) is 10.1. The van der Waals surface area contributed by atoms with Crippen LogP contribution >= 0.6 is 0 Å². The SMILES string of the molecule is CCCNC(=O)C1(CCC)CCCNC1. The van der Waals surface area contributed by atoms with E-state index in [4.69, 9.17) is 0 Å². The van der Waals surface area contributed by atoms with Gasteiger partial charge in [-0.2, -0.15) is 0 Å². The molecule has 1 aliphatic rings. The number of nitrogens with one attached hydrogen (secondary N) is 2. The average molecular weight is 212 g/mol. The molecular formula is C12H24N2O. The number of rotatable bonds is 5. The smallest absolute Gasteiger partial charge is 0.227 e. The Morgan fingerprint density at radius 1 is 1.40 bits per heavy atom. The highest BCUT2D eigenvalue weighted by molar-refractivity contribution is 5.83. The molecule has 0 bridgehead atoms. The van der Waals surface area contributed by atoms with Crippen LogP contribution in [0.2, 0.25) is 0 Å². The third kappa shape index (κ3) is 3.20. The maximum Gasteiger partial charge on any atom is 0.227 e. The van der Waals surface area contributed by atoms with E-state index in [9.17, 15) is 4.79 Å². The van der Waals surface area contributed by atoms with E-state index in [0.717, 1.165) is 51.7 Å². The van der Waals surface area contributed by atoms with Gasteiger partial charge in [0.2, 0.25) is 5.91 Å². The summed E-state index contributed by atoms with van der Waals surface area (Å²) in [6.45, 7) is 6.97. The molecule has 88 valence electrons. The number of carbonyl (C=O) groups is 1. The Kier molecular flexibility index (Phi) is 5.09. The second kappa shape index (κ2) is 6.11. The highest BCUT2D eigenvalue weighted by Crippen LogP contribution is 2.31. The second-order valence-electron chi connectivity index (χ2n) is 4.57. The van der Waals surface area contributed by atoms with Crippen LogP contribution in [-0.4, -0.2) is 25.5 Å². The molecule has 1 atom stereocenters. The molecule has 0 aromatic carbocycles. The second-order valence-corrected chi connectivity index (χ2v) is 4.57. The molecule has 1 unspecified atom stereocenters. The Labute approximate surface area is 93.0 Å². The van der Waals surface area contributed by atoms with Gasteiger partial charge in [-0.25, -0.2) is 0 Å². The summed E-state index contributed by atoms with van der Waals surface area (Å²) >= 11 is 0. The Morgan fingerprint density at radius 2 is 2.20 bits per heavy atom. The van der Waals surface area contributed by atoms with Gasteiger partial charge in [-0.1, -0.05) is 20.3 Å². The monoisotopic (exact) mass is 212 g/mol. The van der Waals surface area contributed by atoms with Crippen molar-refractivity contribution in [2.75, 3.05) is 19.6 Å². The van der Waals surface area contributed by atoms with Gasteiger partial charge in [0.05, 0.1) is 5.41 Å². The summed E-state index contributed by atoms with van der Waals surface area (Å²) in [5.74, 6) is 0.262. The van der Waals surface area contributed by atoms with Crippen molar-refractivity contribution in [3.8, 4) is 0 Å². The molecule has 0 radical (unpaired) electrons. The molecule has 0 aliphatic carbocycles. The molecule has 0 spiro atoms. The van der Waals surface area contributed by atoms with E-state index in [1.54, 1.807) is 0 Å². The van der Waals surface area contributed by atoms with Gasteiger partial charge in [-0.05, 0) is 32.2 Å². The topological polar surface area (TPSA) is 41.1 Å². The van der Waals surface area contributed by atoms with Crippen LogP contribution in [0.3, 0.4) is 0 Å². The number of hydrogen-bond donors (Lipinski definition) is 2. The van der Waals surface area contributed by atoms with Crippen LogP contribution in [0, 0.1) is 5.41 Å². The van der Waals surface area contributed by atoms with E-state index in [2.05, 4.69) is 24.5 Å². The zero-order chi connectivity index (χ0) is 11.1. The van der Waals surface area contributed by atoms with E-state index in [-0.39, 0.29) is 11.3 Å². The minimum Gasteiger partial charge on any atom is -0.356 e. The van der Waals surface area contributed by atoms with Crippen molar-refractivity contribution >= 4 is 5.91 Å². The van der Waals surface area contributed by atoms with Crippen LogP contribution in [0.5, 0.6) is 0 Å². The van der Waals surface area contributed by atoms with Gasteiger partial charge in [0.15, 0.2) is 0 Å². The lowest BCUT2D eigenvalue weighted by Crippen LogP contribution is -2.50. The van der Waals surface area contributed by atoms with Crippen molar-refractivity contribution in [2.45, 2.75) is 46.0 Å². The summed E-state index contributed by atoms with van der Waals surface area (Å²) in [5, 5.41) is 6.41. The number of piperidine rings is 1. The van der Waals surface area contributed by atoms with Gasteiger partial charge in [0, 0.05) is 13.1 Å². The van der Waals surface area contributed by atoms with Crippen LogP contribution in [0.4, 0.5) is 0 Å². The molecule has 1 saturated heterocycles. The summed E-state index contributed by atoms with van der Waals surface area (Å²) in [5.41, 5.74) is -0.123. The van der Waals surface area contributed by atoms with Gasteiger partial charge in [0.25, 0.3) is 0 Å². The minimum absolute atomic E-state index is 0.123. The fraction of sp³-hybridized carbons (Fsp3) is 0.917. The molecule has 1 rings (SSSR count). The molecule has 3 nitrogen and oxygen atoms in total. The van der Waals surface area contributed by atoms with Crippen LogP contribution in [0.1, 0.15) is 46.0 Å². The quantitative estimate of drug-likeness (QED) is 0.728. The summed E-state index contributed by atoms with van der Waals surface area (Å²) < 4.78 is 0. The number of amides is 1. The Morgan fingerprint density at radius 3 is 2.73 bits per heavy atom. The first-order valence-corrected chi connectivity index (χ1v) is 6.24. The number of carbonyl (C=O) groups excluding carboxylic acids is 1. The van der Waals surface area contributed by atoms with Gasteiger partial charge in [-0.15, -0.1) is 0 Å². The molecule has 0 aromatic heterocycles. The molecule has 1 amide bonds. The van der Waals surface area contributed by atoms with E-state index in [1.165, 1.54) is 0 Å². The van der Waals surface area contributed by atoms with E-state index in [1.807, 2.05) is 0 Å². The van der Waals surface area contributed by atoms with Crippen molar-refractivity contribution in [3.05, 3.63) is 0 Å². The first kappa shape index (κ1) is 12.5. The largest absolute Gasteiger partial charge is 0.356 e. The summed E-state index contributed by atoms with van der Waals surface area (Å²) in [6, 6.07) is 0. The fourth-order valence-corrected chi connectivity index (χ4v) is 2.39. The van der Waals surface area contributed by atoms with Gasteiger partial charge < -0.3 is 10.6 Å². The zero-order valence-electron chi connectivity index (χ0n) is 10.1. The highest BCUT2D eigenvalue weighted by atomic mass is 16.2. The predicted molar refractivity (Wildman–Crippen MR) is 62.7 cm³/mol. The van der Waals surface area contributed by atoms with Crippen molar-refractivity contribution in [1.82, 2.24) is 10.6 Å². The van der Waals surface area contributed by atoms with Crippen LogP contribution in [0.15, 0.2) is 0 Å². The van der Waals surface area contributed by atoms with Crippen LogP contribution < -0.4 is 10.6 Å². The maximum atomic E-state index is 12.1. The molecule has 0 aromatic rings. The van der Waals surface area contributed by atoms with Crippen LogP contribution in [-0.2, 0) is 4.79 Å². The summed E-state index contributed by atoms with van der Waals surface area (Å²) in [4.78, 5) is 12.1. The van der Waals surface area contributed by atoms with Crippen molar-refractivity contribution in [3.63, 3.8) is 0 Å². The molecule has 0 saturated carbocycles. The predicted octanol–water partition coefficient (Wildman–Crippen LogP) is 1.68. The lowest BCUT2D eigenvalue weighted by molar-refractivity contribution is -0.132. The standard InChI is InChI=1S/C12H24N2O/c1-3-6-12(7-5-9-13-10-12)11(15)14-8-4-2/h13H,3-10H2,1-2H3,(H,14,15). The molecule has 1 aliphatic heterocycles. The molecule has 1 heterocycles. The van der Waals surface area contributed by atoms with Crippen molar-refractivity contribution < 1.29 is 4.79 Å². The maximum absolute atomic E-state index is 12.1. The van der Waals surface area contributed by atoms with Crippen molar-refractivity contribution in [2.24, 2.45) is 5.41 Å². The molecular weight excluding hydrogens is 188 g/mol. The van der Waals surface area contributed by atoms with E-state index in [0.29, 0.717) is 0 Å². The average Bonchev–Trinajstić information content (AvgIpc) is 2.27. The molecule has 3 heteroatoms. The van der Waals surface area contributed by atoms with Crippen molar-refractivity contribution in [1.29, 1.82) is 0 Å². The molecule has 2 N–H and O–H groups in total.